The normalized spacial score (nSPS) is 26.0. The molecule has 0 bridgehead atoms. The maximum Gasteiger partial charge on any atom is 0.222 e. The lowest BCUT2D eigenvalue weighted by molar-refractivity contribution is -0.133. The van der Waals surface area contributed by atoms with Crippen LogP contribution in [0, 0.1) is 5.92 Å². The van der Waals surface area contributed by atoms with Gasteiger partial charge in [0.25, 0.3) is 0 Å². The molecule has 1 amide bonds. The number of anilines is 1. The number of amides is 1. The molecule has 3 heterocycles. The summed E-state index contributed by atoms with van der Waals surface area (Å²) < 4.78 is 0. The second kappa shape index (κ2) is 7.28. The molecule has 3 aliphatic rings. The van der Waals surface area contributed by atoms with Crippen LogP contribution in [0.2, 0.25) is 0 Å². The summed E-state index contributed by atoms with van der Waals surface area (Å²) in [4.78, 5) is 27.3. The van der Waals surface area contributed by atoms with Gasteiger partial charge in [-0.25, -0.2) is 9.97 Å². The van der Waals surface area contributed by atoms with Crippen molar-refractivity contribution in [2.24, 2.45) is 5.92 Å². The van der Waals surface area contributed by atoms with Crippen molar-refractivity contribution in [3.05, 3.63) is 18.6 Å². The Morgan fingerprint density at radius 3 is 2.56 bits per heavy atom. The maximum atomic E-state index is 11.7. The molecule has 4 rings (SSSR count). The summed E-state index contributed by atoms with van der Waals surface area (Å²) in [7, 11) is 1.94. The van der Waals surface area contributed by atoms with Crippen LogP contribution in [0.5, 0.6) is 0 Å². The van der Waals surface area contributed by atoms with Gasteiger partial charge >= 0.3 is 0 Å². The van der Waals surface area contributed by atoms with Crippen LogP contribution in [0.1, 0.15) is 38.5 Å². The van der Waals surface area contributed by atoms with E-state index in [1.165, 1.54) is 25.7 Å². The van der Waals surface area contributed by atoms with Gasteiger partial charge in [0.1, 0.15) is 12.1 Å². The van der Waals surface area contributed by atoms with Gasteiger partial charge in [-0.15, -0.1) is 0 Å². The Bertz CT molecular complexity index is 583. The first-order valence-corrected chi connectivity index (χ1v) is 9.71. The molecule has 136 valence electrons. The van der Waals surface area contributed by atoms with E-state index in [9.17, 15) is 4.79 Å². The third-order valence-electron chi connectivity index (χ3n) is 5.96. The van der Waals surface area contributed by atoms with Crippen molar-refractivity contribution in [2.75, 3.05) is 38.1 Å². The van der Waals surface area contributed by atoms with Gasteiger partial charge in [0, 0.05) is 57.9 Å². The first-order valence-electron chi connectivity index (χ1n) is 9.71. The maximum absolute atomic E-state index is 11.7. The van der Waals surface area contributed by atoms with E-state index >= 15 is 0 Å². The molecule has 1 aliphatic carbocycles. The highest BCUT2D eigenvalue weighted by Gasteiger charge is 2.36. The molecular formula is C19H29N5O. The highest BCUT2D eigenvalue weighted by atomic mass is 16.2. The van der Waals surface area contributed by atoms with Crippen molar-refractivity contribution in [3.8, 4) is 0 Å². The van der Waals surface area contributed by atoms with E-state index in [1.807, 2.05) is 18.1 Å². The fourth-order valence-corrected chi connectivity index (χ4v) is 4.45. The number of hydrogen-bond donors (Lipinski definition) is 0. The molecule has 1 atom stereocenters. The summed E-state index contributed by atoms with van der Waals surface area (Å²) in [5, 5.41) is 0. The Hall–Kier alpha value is -1.69. The average Bonchev–Trinajstić information content (AvgIpc) is 3.46. The van der Waals surface area contributed by atoms with Crippen LogP contribution < -0.4 is 4.90 Å². The molecule has 0 aromatic carbocycles. The van der Waals surface area contributed by atoms with E-state index in [0.29, 0.717) is 23.9 Å². The second-order valence-electron chi connectivity index (χ2n) is 7.92. The zero-order valence-electron chi connectivity index (χ0n) is 15.2. The van der Waals surface area contributed by atoms with Crippen LogP contribution in [-0.4, -0.2) is 71.0 Å². The number of likely N-dealkylation sites (tertiary alicyclic amines) is 2. The number of aromatic nitrogens is 2. The van der Waals surface area contributed by atoms with Gasteiger partial charge in [-0.05, 0) is 44.1 Å². The minimum Gasteiger partial charge on any atom is -0.350 e. The van der Waals surface area contributed by atoms with Crippen molar-refractivity contribution in [1.82, 2.24) is 19.8 Å². The summed E-state index contributed by atoms with van der Waals surface area (Å²) >= 11 is 0. The van der Waals surface area contributed by atoms with Gasteiger partial charge < -0.3 is 14.7 Å². The molecule has 6 heteroatoms. The van der Waals surface area contributed by atoms with Gasteiger partial charge in [0.05, 0.1) is 0 Å². The predicted molar refractivity (Wildman–Crippen MR) is 97.4 cm³/mol. The number of hydrogen-bond acceptors (Lipinski definition) is 5. The monoisotopic (exact) mass is 343 g/mol. The molecule has 1 unspecified atom stereocenters. The SMILES string of the molecule is CN1CC(CN2CCC(N(c3ccncn3)C3CC3)CC2)CCC1=O. The first-order chi connectivity index (χ1) is 12.2. The summed E-state index contributed by atoms with van der Waals surface area (Å²) in [5.74, 6) is 2.05. The number of rotatable bonds is 5. The van der Waals surface area contributed by atoms with Crippen LogP contribution in [0.25, 0.3) is 0 Å². The Kier molecular flexibility index (Phi) is 4.88. The highest BCUT2D eigenvalue weighted by molar-refractivity contribution is 5.76. The fraction of sp³-hybridized carbons (Fsp3) is 0.737. The van der Waals surface area contributed by atoms with Crippen LogP contribution in [0.4, 0.5) is 5.82 Å². The zero-order valence-corrected chi connectivity index (χ0v) is 15.2. The molecule has 0 spiro atoms. The summed E-state index contributed by atoms with van der Waals surface area (Å²) in [6, 6.07) is 3.35. The minimum absolute atomic E-state index is 0.305. The lowest BCUT2D eigenvalue weighted by Crippen LogP contribution is -2.49. The van der Waals surface area contributed by atoms with Gasteiger partial charge in [-0.3, -0.25) is 4.79 Å². The molecule has 25 heavy (non-hydrogen) atoms. The predicted octanol–water partition coefficient (Wildman–Crippen LogP) is 1.78. The van der Waals surface area contributed by atoms with Crippen LogP contribution in [0.15, 0.2) is 18.6 Å². The quantitative estimate of drug-likeness (QED) is 0.816. The Morgan fingerprint density at radius 1 is 1.16 bits per heavy atom. The van der Waals surface area contributed by atoms with Gasteiger partial charge in [-0.2, -0.15) is 0 Å². The molecule has 0 radical (unpaired) electrons. The van der Waals surface area contributed by atoms with Crippen molar-refractivity contribution in [2.45, 2.75) is 50.6 Å². The molecule has 1 saturated carbocycles. The average molecular weight is 343 g/mol. The Balaban J connectivity index is 1.31. The summed E-state index contributed by atoms with van der Waals surface area (Å²) in [6.07, 6.45) is 10.3. The van der Waals surface area contributed by atoms with Crippen LogP contribution in [0.3, 0.4) is 0 Å². The molecule has 3 fully saturated rings. The summed E-state index contributed by atoms with van der Waals surface area (Å²) in [6.45, 7) is 4.38. The van der Waals surface area contributed by atoms with Crippen LogP contribution >= 0.6 is 0 Å². The number of carbonyl (C=O) groups excluding carboxylic acids is 1. The largest absolute Gasteiger partial charge is 0.350 e. The highest BCUT2D eigenvalue weighted by Crippen LogP contribution is 2.35. The molecule has 2 aliphatic heterocycles. The van der Waals surface area contributed by atoms with Crippen molar-refractivity contribution < 1.29 is 4.79 Å². The number of piperidine rings is 2. The zero-order chi connectivity index (χ0) is 17.2. The van der Waals surface area contributed by atoms with Crippen LogP contribution in [-0.2, 0) is 4.79 Å². The molecule has 1 aromatic rings. The van der Waals surface area contributed by atoms with E-state index in [2.05, 4.69) is 25.8 Å². The van der Waals surface area contributed by atoms with E-state index in [-0.39, 0.29) is 0 Å². The van der Waals surface area contributed by atoms with Crippen molar-refractivity contribution in [1.29, 1.82) is 0 Å². The van der Waals surface area contributed by atoms with E-state index in [4.69, 9.17) is 0 Å². The summed E-state index contributed by atoms with van der Waals surface area (Å²) in [5.41, 5.74) is 0. The van der Waals surface area contributed by atoms with E-state index in [0.717, 1.165) is 44.8 Å². The number of nitrogens with zero attached hydrogens (tertiary/aromatic N) is 5. The Labute approximate surface area is 150 Å². The van der Waals surface area contributed by atoms with Crippen molar-refractivity contribution in [3.63, 3.8) is 0 Å². The molecule has 6 nitrogen and oxygen atoms in total. The third kappa shape index (κ3) is 3.94. The van der Waals surface area contributed by atoms with Gasteiger partial charge in [0.2, 0.25) is 5.91 Å². The van der Waals surface area contributed by atoms with Crippen molar-refractivity contribution >= 4 is 11.7 Å². The third-order valence-corrected chi connectivity index (χ3v) is 5.96. The molecule has 0 N–H and O–H groups in total. The van der Waals surface area contributed by atoms with Gasteiger partial charge in [0.15, 0.2) is 0 Å². The smallest absolute Gasteiger partial charge is 0.222 e. The van der Waals surface area contributed by atoms with E-state index < -0.39 is 0 Å². The lowest BCUT2D eigenvalue weighted by atomic mass is 9.95. The molecule has 2 saturated heterocycles. The van der Waals surface area contributed by atoms with E-state index in [1.54, 1.807) is 6.33 Å². The second-order valence-corrected chi connectivity index (χ2v) is 7.92. The number of carbonyl (C=O) groups is 1. The Morgan fingerprint density at radius 2 is 1.92 bits per heavy atom. The topological polar surface area (TPSA) is 52.6 Å². The standard InChI is InChI=1S/C19H29N5O/c1-22-12-15(2-5-19(22)25)13-23-10-7-17(8-11-23)24(16-3-4-16)18-6-9-20-14-21-18/h6,9,14-17H,2-5,7-8,10-13H2,1H3. The fourth-order valence-electron chi connectivity index (χ4n) is 4.45. The lowest BCUT2D eigenvalue weighted by Gasteiger charge is -2.41. The molecular weight excluding hydrogens is 314 g/mol. The van der Waals surface area contributed by atoms with Gasteiger partial charge in [-0.1, -0.05) is 0 Å². The first kappa shape index (κ1) is 16.8. The minimum atomic E-state index is 0.305. The molecule has 1 aromatic heterocycles.